The Kier molecular flexibility index (Phi) is 7.17. The van der Waals surface area contributed by atoms with Crippen LogP contribution in [0.1, 0.15) is 15.9 Å². The Morgan fingerprint density at radius 1 is 0.810 bits per heavy atom. The zero-order valence-corrected chi connectivity index (χ0v) is 11.3. The van der Waals surface area contributed by atoms with Crippen molar-refractivity contribution in [3.8, 4) is 0 Å². The Balaban J connectivity index is 0.000000236. The Morgan fingerprint density at radius 2 is 1.38 bits per heavy atom. The molecule has 0 atom stereocenters. The van der Waals surface area contributed by atoms with Gasteiger partial charge in [-0.1, -0.05) is 72.3 Å². The van der Waals surface area contributed by atoms with Crippen molar-refractivity contribution in [3.63, 3.8) is 0 Å². The Labute approximate surface area is 146 Å². The van der Waals surface area contributed by atoms with Crippen LogP contribution in [0.15, 0.2) is 72.8 Å². The minimum atomic E-state index is -0.878. The topological polar surface area (TPSA) is 37.3 Å². The fourth-order valence-electron chi connectivity index (χ4n) is 1.95. The van der Waals surface area contributed by atoms with Crippen molar-refractivity contribution in [3.05, 3.63) is 83.9 Å². The monoisotopic (exact) mass is 288 g/mol. The van der Waals surface area contributed by atoms with E-state index in [0.29, 0.717) is 5.56 Å². The summed E-state index contributed by atoms with van der Waals surface area (Å²) >= 11 is 0. The van der Waals surface area contributed by atoms with Crippen molar-refractivity contribution in [1.29, 1.82) is 0 Å². The number of aromatic carboxylic acids is 1. The first-order valence-electron chi connectivity index (χ1n) is 6.41. The van der Waals surface area contributed by atoms with Gasteiger partial charge in [0, 0.05) is 0 Å². The van der Waals surface area contributed by atoms with E-state index in [9.17, 15) is 4.79 Å². The molecule has 0 aliphatic carbocycles. The van der Waals surface area contributed by atoms with Gasteiger partial charge in [0.25, 0.3) is 0 Å². The van der Waals surface area contributed by atoms with Crippen LogP contribution in [0.5, 0.6) is 0 Å². The molecule has 0 spiro atoms. The van der Waals surface area contributed by atoms with E-state index >= 15 is 0 Å². The van der Waals surface area contributed by atoms with Crippen LogP contribution in [0.4, 0.5) is 0 Å². The maximum absolute atomic E-state index is 10.8. The van der Waals surface area contributed by atoms with E-state index in [1.165, 1.54) is 5.56 Å². The molecule has 1 N–H and O–H groups in total. The molecule has 0 fully saturated rings. The molecule has 0 unspecified atom stereocenters. The van der Waals surface area contributed by atoms with Crippen molar-refractivity contribution in [2.24, 2.45) is 0 Å². The molecule has 3 rings (SSSR count). The van der Waals surface area contributed by atoms with Crippen LogP contribution in [0, 0.1) is 6.92 Å². The van der Waals surface area contributed by atoms with E-state index in [2.05, 4.69) is 19.1 Å². The molecule has 21 heavy (non-hydrogen) atoms. The van der Waals surface area contributed by atoms with Crippen LogP contribution in [-0.2, 0) is 0 Å². The third kappa shape index (κ3) is 5.01. The van der Waals surface area contributed by atoms with E-state index < -0.39 is 5.97 Å². The zero-order valence-electron chi connectivity index (χ0n) is 11.3. The summed E-state index contributed by atoms with van der Waals surface area (Å²) in [5.41, 5.74) is 1.68. The van der Waals surface area contributed by atoms with E-state index in [-0.39, 0.29) is 29.6 Å². The summed E-state index contributed by atoms with van der Waals surface area (Å²) < 4.78 is 0. The first kappa shape index (κ1) is 17.4. The van der Waals surface area contributed by atoms with E-state index in [1.54, 1.807) is 12.1 Å². The van der Waals surface area contributed by atoms with Gasteiger partial charge in [0.15, 0.2) is 0 Å². The van der Waals surface area contributed by atoms with Crippen LogP contribution in [0.25, 0.3) is 10.8 Å². The summed E-state index contributed by atoms with van der Waals surface area (Å²) in [7, 11) is 0. The second-order valence-corrected chi connectivity index (χ2v) is 4.49. The van der Waals surface area contributed by atoms with Crippen molar-refractivity contribution in [2.75, 3.05) is 0 Å². The van der Waals surface area contributed by atoms with Crippen molar-refractivity contribution in [2.45, 2.75) is 6.92 Å². The number of carboxylic acids is 1. The first-order chi connectivity index (χ1) is 9.68. The van der Waals surface area contributed by atoms with Gasteiger partial charge in [-0.2, -0.15) is 0 Å². The van der Waals surface area contributed by atoms with Crippen LogP contribution in [0.2, 0.25) is 0 Å². The fourth-order valence-corrected chi connectivity index (χ4v) is 1.95. The summed E-state index contributed by atoms with van der Waals surface area (Å²) in [5, 5.41) is 10.6. The summed E-state index contributed by atoms with van der Waals surface area (Å²) in [6, 6.07) is 23.0. The predicted molar refractivity (Wildman–Crippen MR) is 89.2 cm³/mol. The molecule has 0 saturated carbocycles. The minimum absolute atomic E-state index is 0. The summed E-state index contributed by atoms with van der Waals surface area (Å²) in [6.07, 6.45) is 0. The standard InChI is InChI=1S/C11H8O2.C7H8.Na.H/c12-11(13)10-7-3-5-8-4-1-2-6-9(8)10;1-7-5-3-2-4-6-7;;/h1-7H,(H,12,13);2-6H,1H3;;. The Morgan fingerprint density at radius 3 is 1.95 bits per heavy atom. The molecule has 102 valence electrons. The molecule has 3 aromatic rings. The molecule has 0 bridgehead atoms. The molecular formula is C18H17NaO2. The van der Waals surface area contributed by atoms with Crippen LogP contribution < -0.4 is 0 Å². The maximum atomic E-state index is 10.8. The molecule has 0 heterocycles. The normalized spacial score (nSPS) is 9.19. The van der Waals surface area contributed by atoms with Crippen LogP contribution in [0.3, 0.4) is 0 Å². The van der Waals surface area contributed by atoms with Crippen molar-refractivity contribution in [1.82, 2.24) is 0 Å². The van der Waals surface area contributed by atoms with Gasteiger partial charge in [0.2, 0.25) is 0 Å². The molecular weight excluding hydrogens is 271 g/mol. The number of aryl methyl sites for hydroxylation is 1. The van der Waals surface area contributed by atoms with Gasteiger partial charge >= 0.3 is 35.5 Å². The first-order valence-corrected chi connectivity index (χ1v) is 6.41. The van der Waals surface area contributed by atoms with Crippen LogP contribution in [-0.4, -0.2) is 40.6 Å². The third-order valence-electron chi connectivity index (χ3n) is 2.96. The second-order valence-electron chi connectivity index (χ2n) is 4.49. The quantitative estimate of drug-likeness (QED) is 0.690. The SMILES string of the molecule is Cc1ccccc1.O=C(O)c1cccc2ccccc12.[NaH]. The predicted octanol–water partition coefficient (Wildman–Crippen LogP) is 3.88. The van der Waals surface area contributed by atoms with E-state index in [1.807, 2.05) is 48.5 Å². The number of benzene rings is 3. The molecule has 3 heteroatoms. The third-order valence-corrected chi connectivity index (χ3v) is 2.96. The van der Waals surface area contributed by atoms with Gasteiger partial charge in [0.1, 0.15) is 0 Å². The number of carboxylic acid groups (broad SMARTS) is 1. The van der Waals surface area contributed by atoms with Gasteiger partial charge in [-0.05, 0) is 23.8 Å². The number of hydrogen-bond acceptors (Lipinski definition) is 1. The van der Waals surface area contributed by atoms with Gasteiger partial charge in [-0.3, -0.25) is 0 Å². The molecule has 3 aromatic carbocycles. The number of rotatable bonds is 1. The molecule has 0 radical (unpaired) electrons. The molecule has 0 aromatic heterocycles. The molecule has 0 saturated heterocycles. The van der Waals surface area contributed by atoms with Gasteiger partial charge in [0.05, 0.1) is 5.56 Å². The van der Waals surface area contributed by atoms with E-state index in [4.69, 9.17) is 5.11 Å². The zero-order chi connectivity index (χ0) is 14.4. The van der Waals surface area contributed by atoms with Gasteiger partial charge < -0.3 is 5.11 Å². The molecule has 0 amide bonds. The number of hydrogen-bond donors (Lipinski definition) is 1. The second kappa shape index (κ2) is 8.63. The molecule has 0 aliphatic rings. The van der Waals surface area contributed by atoms with E-state index in [0.717, 1.165) is 10.8 Å². The Hall–Kier alpha value is -1.61. The summed E-state index contributed by atoms with van der Waals surface area (Å²) in [5.74, 6) is -0.878. The number of carbonyl (C=O) groups is 1. The summed E-state index contributed by atoms with van der Waals surface area (Å²) in [6.45, 7) is 2.08. The molecule has 0 aliphatic heterocycles. The molecule has 2 nitrogen and oxygen atoms in total. The van der Waals surface area contributed by atoms with Crippen molar-refractivity contribution < 1.29 is 9.90 Å². The Bertz CT molecular complexity index is 703. The van der Waals surface area contributed by atoms with Crippen molar-refractivity contribution >= 4 is 46.3 Å². The fraction of sp³-hybridized carbons (Fsp3) is 0.0556. The van der Waals surface area contributed by atoms with Gasteiger partial charge in [-0.25, -0.2) is 4.79 Å². The van der Waals surface area contributed by atoms with Crippen LogP contribution >= 0.6 is 0 Å². The average Bonchev–Trinajstić information content (AvgIpc) is 2.48. The summed E-state index contributed by atoms with van der Waals surface area (Å²) in [4.78, 5) is 10.8. The van der Waals surface area contributed by atoms with Gasteiger partial charge in [-0.15, -0.1) is 0 Å². The average molecular weight is 288 g/mol. The number of fused-ring (bicyclic) bond motifs is 1.